The van der Waals surface area contributed by atoms with E-state index < -0.39 is 16.8 Å². The minimum absolute atomic E-state index is 0.394. The summed E-state index contributed by atoms with van der Waals surface area (Å²) in [6.45, 7) is 8.47. The lowest BCUT2D eigenvalue weighted by Gasteiger charge is -2.30. The lowest BCUT2D eigenvalue weighted by atomic mass is 9.73. The first-order valence-corrected chi connectivity index (χ1v) is 8.84. The Morgan fingerprint density at radius 2 is 1.11 bits per heavy atom. The predicted molar refractivity (Wildman–Crippen MR) is 107 cm³/mol. The molecule has 0 saturated carbocycles. The molecule has 0 unspecified atom stereocenters. The van der Waals surface area contributed by atoms with E-state index in [-0.39, 0.29) is 0 Å². The second-order valence-electron chi connectivity index (χ2n) is 7.05. The van der Waals surface area contributed by atoms with Crippen LogP contribution in [0, 0.1) is 5.41 Å². The third-order valence-electron chi connectivity index (χ3n) is 5.45. The van der Waals surface area contributed by atoms with E-state index in [1.807, 2.05) is 60.7 Å². The van der Waals surface area contributed by atoms with E-state index in [0.29, 0.717) is 24.2 Å². The van der Waals surface area contributed by atoms with Gasteiger partial charge in [0.1, 0.15) is 0 Å². The number of aromatic nitrogens is 3. The average Bonchev–Trinajstić information content (AvgIpc) is 3.03. The number of nitrogens with zero attached hydrogens (tertiary/aromatic N) is 3. The Hall–Kier alpha value is -3.34. The molecule has 2 aromatic carbocycles. The van der Waals surface area contributed by atoms with E-state index in [0.717, 1.165) is 15.7 Å². The van der Waals surface area contributed by atoms with Gasteiger partial charge in [-0.2, -0.15) is 9.36 Å². The second-order valence-corrected chi connectivity index (χ2v) is 7.05. The summed E-state index contributed by atoms with van der Waals surface area (Å²) in [5.74, 6) is 0. The molecule has 136 valence electrons. The van der Waals surface area contributed by atoms with Gasteiger partial charge >= 0.3 is 11.4 Å². The quantitative estimate of drug-likeness (QED) is 0.719. The standard InChI is InChI=1S/C22H21N3O2/c1-16-22(14-18-10-6-4-7-11-18,15-19-12-8-5-9-13-19)17(2)25-21(27)23(3)20(26)24(16)25/h4-13H,1-2,14-15H2,3H3. The highest BCUT2D eigenvalue weighted by molar-refractivity contribution is 5.75. The third-order valence-corrected chi connectivity index (χ3v) is 5.45. The molecule has 1 aliphatic heterocycles. The minimum Gasteiger partial charge on any atom is -0.246 e. The molecule has 0 atom stereocenters. The summed E-state index contributed by atoms with van der Waals surface area (Å²) in [4.78, 5) is 25.3. The molecule has 0 radical (unpaired) electrons. The highest BCUT2D eigenvalue weighted by atomic mass is 16.2. The SMILES string of the molecule is C=C1n2c(=O)n(C)c(=O)n2C(=C)C1(Cc1ccccc1)Cc1ccccc1. The number of hydrogen-bond donors (Lipinski definition) is 0. The maximum Gasteiger partial charge on any atom is 0.351 e. The molecule has 1 aromatic heterocycles. The number of benzene rings is 2. The Bertz CT molecular complexity index is 1060. The Morgan fingerprint density at radius 1 is 0.741 bits per heavy atom. The van der Waals surface area contributed by atoms with Crippen molar-refractivity contribution >= 4 is 11.4 Å². The summed E-state index contributed by atoms with van der Waals surface area (Å²) < 4.78 is 3.83. The van der Waals surface area contributed by atoms with Gasteiger partial charge < -0.3 is 0 Å². The number of rotatable bonds is 4. The van der Waals surface area contributed by atoms with Crippen molar-refractivity contribution in [3.05, 3.63) is 106 Å². The summed E-state index contributed by atoms with van der Waals surface area (Å²) in [6, 6.07) is 20.0. The molecule has 4 rings (SSSR count). The van der Waals surface area contributed by atoms with E-state index in [1.165, 1.54) is 16.4 Å². The van der Waals surface area contributed by atoms with Crippen molar-refractivity contribution in [2.75, 3.05) is 0 Å². The maximum absolute atomic E-state index is 12.6. The zero-order valence-electron chi connectivity index (χ0n) is 15.3. The molecule has 0 bridgehead atoms. The smallest absolute Gasteiger partial charge is 0.246 e. The van der Waals surface area contributed by atoms with Gasteiger partial charge in [-0.05, 0) is 24.0 Å². The molecule has 2 heterocycles. The van der Waals surface area contributed by atoms with Crippen LogP contribution >= 0.6 is 0 Å². The van der Waals surface area contributed by atoms with Crippen LogP contribution < -0.4 is 11.4 Å². The molecule has 5 heteroatoms. The van der Waals surface area contributed by atoms with Gasteiger partial charge in [-0.3, -0.25) is 0 Å². The first-order chi connectivity index (χ1) is 13.0. The van der Waals surface area contributed by atoms with Crippen LogP contribution in [0.25, 0.3) is 11.4 Å². The normalized spacial score (nSPS) is 15.1. The summed E-state index contributed by atoms with van der Waals surface area (Å²) in [5.41, 5.74) is 1.95. The largest absolute Gasteiger partial charge is 0.351 e. The Morgan fingerprint density at radius 3 is 1.48 bits per heavy atom. The lowest BCUT2D eigenvalue weighted by molar-refractivity contribution is 0.517. The lowest BCUT2D eigenvalue weighted by Crippen LogP contribution is -2.34. The molecule has 0 saturated heterocycles. The van der Waals surface area contributed by atoms with Gasteiger partial charge in [-0.25, -0.2) is 14.2 Å². The van der Waals surface area contributed by atoms with Crippen LogP contribution in [-0.2, 0) is 19.9 Å². The van der Waals surface area contributed by atoms with Crippen molar-refractivity contribution in [1.29, 1.82) is 0 Å². The van der Waals surface area contributed by atoms with Crippen molar-refractivity contribution < 1.29 is 0 Å². The molecule has 0 amide bonds. The maximum atomic E-state index is 12.6. The zero-order valence-corrected chi connectivity index (χ0v) is 15.3. The van der Waals surface area contributed by atoms with E-state index in [9.17, 15) is 9.59 Å². The van der Waals surface area contributed by atoms with Gasteiger partial charge in [0.15, 0.2) is 0 Å². The summed E-state index contributed by atoms with van der Waals surface area (Å²) >= 11 is 0. The molecule has 27 heavy (non-hydrogen) atoms. The number of allylic oxidation sites excluding steroid dienone is 2. The fraction of sp³-hybridized carbons (Fsp3) is 0.182. The van der Waals surface area contributed by atoms with Gasteiger partial charge in [0.25, 0.3) is 0 Å². The zero-order chi connectivity index (χ0) is 19.2. The first-order valence-electron chi connectivity index (χ1n) is 8.84. The van der Waals surface area contributed by atoms with Crippen LogP contribution in [0.3, 0.4) is 0 Å². The first kappa shape index (κ1) is 17.1. The monoisotopic (exact) mass is 359 g/mol. The Balaban J connectivity index is 1.90. The van der Waals surface area contributed by atoms with Crippen LogP contribution in [0.1, 0.15) is 11.1 Å². The van der Waals surface area contributed by atoms with E-state index in [4.69, 9.17) is 0 Å². The van der Waals surface area contributed by atoms with E-state index >= 15 is 0 Å². The van der Waals surface area contributed by atoms with Crippen molar-refractivity contribution in [3.8, 4) is 0 Å². The van der Waals surface area contributed by atoms with Gasteiger partial charge in [0.05, 0.1) is 16.8 Å². The molecular formula is C22H21N3O2. The van der Waals surface area contributed by atoms with E-state index in [2.05, 4.69) is 13.2 Å². The Labute approximate surface area is 157 Å². The van der Waals surface area contributed by atoms with Crippen molar-refractivity contribution in [3.63, 3.8) is 0 Å². The summed E-state index contributed by atoms with van der Waals surface area (Å²) in [7, 11) is 1.47. The molecule has 0 spiro atoms. The van der Waals surface area contributed by atoms with Crippen LogP contribution in [0.2, 0.25) is 0 Å². The topological polar surface area (TPSA) is 48.9 Å². The van der Waals surface area contributed by atoms with Crippen molar-refractivity contribution in [2.45, 2.75) is 12.8 Å². The van der Waals surface area contributed by atoms with Gasteiger partial charge in [-0.1, -0.05) is 73.8 Å². The fourth-order valence-corrected chi connectivity index (χ4v) is 3.94. The van der Waals surface area contributed by atoms with Crippen LogP contribution in [0.5, 0.6) is 0 Å². The molecule has 0 aliphatic carbocycles. The van der Waals surface area contributed by atoms with Crippen LogP contribution in [0.15, 0.2) is 83.4 Å². The van der Waals surface area contributed by atoms with Gasteiger partial charge in [0.2, 0.25) is 0 Å². The average molecular weight is 359 g/mol. The summed E-state index contributed by atoms with van der Waals surface area (Å²) in [6.07, 6.45) is 1.22. The highest BCUT2D eigenvalue weighted by Crippen LogP contribution is 2.48. The third kappa shape index (κ3) is 2.46. The van der Waals surface area contributed by atoms with E-state index in [1.54, 1.807) is 0 Å². The number of fused-ring (bicyclic) bond motifs is 1. The summed E-state index contributed by atoms with van der Waals surface area (Å²) in [5, 5.41) is 0. The van der Waals surface area contributed by atoms with Crippen LogP contribution in [-0.4, -0.2) is 13.9 Å². The minimum atomic E-state index is -0.644. The van der Waals surface area contributed by atoms with Gasteiger partial charge in [-0.15, -0.1) is 0 Å². The molecule has 0 fully saturated rings. The Kier molecular flexibility index (Phi) is 3.88. The molecule has 5 nitrogen and oxygen atoms in total. The van der Waals surface area contributed by atoms with Gasteiger partial charge in [0, 0.05) is 7.05 Å². The van der Waals surface area contributed by atoms with Crippen molar-refractivity contribution in [1.82, 2.24) is 13.9 Å². The molecule has 0 N–H and O–H groups in total. The van der Waals surface area contributed by atoms with Crippen LogP contribution in [0.4, 0.5) is 0 Å². The van der Waals surface area contributed by atoms with Crippen molar-refractivity contribution in [2.24, 2.45) is 12.5 Å². The fourth-order valence-electron chi connectivity index (χ4n) is 3.94. The second kappa shape index (κ2) is 6.13. The molecule has 3 aromatic rings. The predicted octanol–water partition coefficient (Wildman–Crippen LogP) is 2.78. The molecule has 1 aliphatic rings. The highest BCUT2D eigenvalue weighted by Gasteiger charge is 2.47. The number of hydrogen-bond acceptors (Lipinski definition) is 2. The molecular weight excluding hydrogens is 338 g/mol.